The Morgan fingerprint density at radius 1 is 0.966 bits per heavy atom. The molecule has 2 N–H and O–H groups in total. The fraction of sp³-hybridized carbons (Fsp3) is 0.0909. The smallest absolute Gasteiger partial charge is 0.274 e. The van der Waals surface area contributed by atoms with Crippen LogP contribution in [-0.4, -0.2) is 23.4 Å². The first kappa shape index (κ1) is 19.6. The van der Waals surface area contributed by atoms with Gasteiger partial charge in [0.15, 0.2) is 0 Å². The van der Waals surface area contributed by atoms with Crippen LogP contribution in [0.2, 0.25) is 0 Å². The predicted molar refractivity (Wildman–Crippen MR) is 109 cm³/mol. The molecule has 0 radical (unpaired) electrons. The number of nitriles is 1. The Balaban J connectivity index is 1.76. The lowest BCUT2D eigenvalue weighted by Crippen LogP contribution is -2.18. The molecule has 0 unspecified atom stereocenters. The third-order valence-corrected chi connectivity index (χ3v) is 3.90. The van der Waals surface area contributed by atoms with Crippen molar-refractivity contribution in [2.75, 3.05) is 17.2 Å². The van der Waals surface area contributed by atoms with Crippen LogP contribution in [0.15, 0.2) is 66.7 Å². The average molecular weight is 386 g/mol. The highest BCUT2D eigenvalue weighted by molar-refractivity contribution is 6.06. The highest BCUT2D eigenvalue weighted by atomic mass is 16.5. The van der Waals surface area contributed by atoms with Gasteiger partial charge in [0.1, 0.15) is 17.1 Å². The van der Waals surface area contributed by atoms with Gasteiger partial charge in [-0.25, -0.2) is 4.98 Å². The Kier molecular flexibility index (Phi) is 6.18. The van der Waals surface area contributed by atoms with Crippen molar-refractivity contribution >= 4 is 23.2 Å². The molecule has 0 saturated heterocycles. The average Bonchev–Trinajstić information content (AvgIpc) is 2.75. The van der Waals surface area contributed by atoms with Gasteiger partial charge in [-0.3, -0.25) is 9.59 Å². The highest BCUT2D eigenvalue weighted by Crippen LogP contribution is 2.24. The van der Waals surface area contributed by atoms with E-state index in [-0.39, 0.29) is 11.4 Å². The van der Waals surface area contributed by atoms with Crippen LogP contribution in [0.1, 0.15) is 33.5 Å². The largest absolute Gasteiger partial charge is 0.492 e. The zero-order valence-corrected chi connectivity index (χ0v) is 15.7. The second kappa shape index (κ2) is 9.15. The number of para-hydroxylation sites is 2. The van der Waals surface area contributed by atoms with E-state index < -0.39 is 11.8 Å². The first-order valence-electron chi connectivity index (χ1n) is 8.92. The summed E-state index contributed by atoms with van der Waals surface area (Å²) in [5, 5.41) is 14.4. The van der Waals surface area contributed by atoms with Crippen LogP contribution < -0.4 is 15.4 Å². The maximum absolute atomic E-state index is 12.6. The molecule has 2 amide bonds. The molecule has 0 aliphatic heterocycles. The topological polar surface area (TPSA) is 104 Å². The Labute approximate surface area is 168 Å². The van der Waals surface area contributed by atoms with Gasteiger partial charge in [-0.05, 0) is 49.4 Å². The standard InChI is InChI=1S/C22H18N4O3/c1-2-29-20-12-4-3-9-17(20)26-22(28)19-11-6-10-18(25-19)21(27)24-16-8-5-7-15(13-16)14-23/h3-13H,2H2,1H3,(H,24,27)(H,26,28). The van der Waals surface area contributed by atoms with E-state index in [2.05, 4.69) is 15.6 Å². The second-order valence-electron chi connectivity index (χ2n) is 5.94. The van der Waals surface area contributed by atoms with E-state index in [0.29, 0.717) is 29.3 Å². The number of ether oxygens (including phenoxy) is 1. The van der Waals surface area contributed by atoms with Crippen LogP contribution in [0, 0.1) is 11.3 Å². The quantitative estimate of drug-likeness (QED) is 0.669. The fourth-order valence-electron chi connectivity index (χ4n) is 2.59. The lowest BCUT2D eigenvalue weighted by atomic mass is 10.2. The number of rotatable bonds is 6. The summed E-state index contributed by atoms with van der Waals surface area (Å²) in [5.74, 6) is -0.391. The summed E-state index contributed by atoms with van der Waals surface area (Å²) in [6, 6.07) is 20.2. The van der Waals surface area contributed by atoms with Gasteiger partial charge in [-0.2, -0.15) is 5.26 Å². The molecule has 1 aromatic heterocycles. The van der Waals surface area contributed by atoms with E-state index in [1.165, 1.54) is 12.1 Å². The number of pyridine rings is 1. The molecule has 0 bridgehead atoms. The fourth-order valence-corrected chi connectivity index (χ4v) is 2.59. The summed E-state index contributed by atoms with van der Waals surface area (Å²) >= 11 is 0. The van der Waals surface area contributed by atoms with Crippen LogP contribution in [0.25, 0.3) is 0 Å². The molecule has 7 nitrogen and oxygen atoms in total. The second-order valence-corrected chi connectivity index (χ2v) is 5.94. The lowest BCUT2D eigenvalue weighted by molar-refractivity contribution is 0.101. The predicted octanol–water partition coefficient (Wildman–Crippen LogP) is 3.86. The van der Waals surface area contributed by atoms with Crippen molar-refractivity contribution in [1.82, 2.24) is 4.98 Å². The lowest BCUT2D eigenvalue weighted by Gasteiger charge is -2.11. The summed E-state index contributed by atoms with van der Waals surface area (Å²) in [7, 11) is 0. The molecule has 0 aliphatic carbocycles. The van der Waals surface area contributed by atoms with Crippen LogP contribution in [0.3, 0.4) is 0 Å². The Bertz CT molecular complexity index is 1090. The molecular weight excluding hydrogens is 368 g/mol. The number of hydrogen-bond donors (Lipinski definition) is 2. The number of aromatic nitrogens is 1. The highest BCUT2D eigenvalue weighted by Gasteiger charge is 2.14. The van der Waals surface area contributed by atoms with Crippen molar-refractivity contribution in [3.63, 3.8) is 0 Å². The molecule has 0 fully saturated rings. The molecule has 7 heteroatoms. The molecule has 0 aliphatic rings. The summed E-state index contributed by atoms with van der Waals surface area (Å²) in [5.41, 5.74) is 1.59. The third-order valence-electron chi connectivity index (χ3n) is 3.90. The normalized spacial score (nSPS) is 9.93. The molecule has 3 rings (SSSR count). The van der Waals surface area contributed by atoms with Crippen molar-refractivity contribution < 1.29 is 14.3 Å². The van der Waals surface area contributed by atoms with E-state index in [0.717, 1.165) is 0 Å². The molecule has 29 heavy (non-hydrogen) atoms. The van der Waals surface area contributed by atoms with Crippen molar-refractivity contribution in [1.29, 1.82) is 5.26 Å². The van der Waals surface area contributed by atoms with E-state index in [4.69, 9.17) is 10.00 Å². The van der Waals surface area contributed by atoms with Gasteiger partial charge in [0, 0.05) is 5.69 Å². The Morgan fingerprint density at radius 2 is 1.66 bits per heavy atom. The van der Waals surface area contributed by atoms with E-state index in [1.54, 1.807) is 48.5 Å². The maximum Gasteiger partial charge on any atom is 0.274 e. The molecule has 0 saturated carbocycles. The zero-order chi connectivity index (χ0) is 20.6. The molecular formula is C22H18N4O3. The van der Waals surface area contributed by atoms with Crippen LogP contribution in [0.4, 0.5) is 11.4 Å². The Morgan fingerprint density at radius 3 is 2.38 bits per heavy atom. The van der Waals surface area contributed by atoms with E-state index >= 15 is 0 Å². The van der Waals surface area contributed by atoms with Crippen LogP contribution in [0.5, 0.6) is 5.75 Å². The van der Waals surface area contributed by atoms with Crippen molar-refractivity contribution in [2.24, 2.45) is 0 Å². The monoisotopic (exact) mass is 386 g/mol. The summed E-state index contributed by atoms with van der Waals surface area (Å²) < 4.78 is 5.50. The number of nitrogens with zero attached hydrogens (tertiary/aromatic N) is 2. The summed E-state index contributed by atoms with van der Waals surface area (Å²) in [6.45, 7) is 2.32. The van der Waals surface area contributed by atoms with Gasteiger partial charge in [0.05, 0.1) is 23.9 Å². The Hall–Kier alpha value is -4.18. The van der Waals surface area contributed by atoms with Gasteiger partial charge >= 0.3 is 0 Å². The number of carbonyl (C=O) groups excluding carboxylic acids is 2. The first-order chi connectivity index (χ1) is 14.1. The van der Waals surface area contributed by atoms with Crippen molar-refractivity contribution in [3.8, 4) is 11.8 Å². The van der Waals surface area contributed by atoms with E-state index in [9.17, 15) is 9.59 Å². The zero-order valence-electron chi connectivity index (χ0n) is 15.7. The SMILES string of the molecule is CCOc1ccccc1NC(=O)c1cccc(C(=O)Nc2cccc(C#N)c2)n1. The maximum atomic E-state index is 12.6. The number of amides is 2. The van der Waals surface area contributed by atoms with Crippen molar-refractivity contribution in [2.45, 2.75) is 6.92 Å². The van der Waals surface area contributed by atoms with E-state index in [1.807, 2.05) is 19.1 Å². The number of hydrogen-bond acceptors (Lipinski definition) is 5. The molecule has 144 valence electrons. The molecule has 0 atom stereocenters. The number of nitrogens with one attached hydrogen (secondary N) is 2. The van der Waals surface area contributed by atoms with Gasteiger partial charge < -0.3 is 15.4 Å². The van der Waals surface area contributed by atoms with Crippen LogP contribution in [-0.2, 0) is 0 Å². The number of anilines is 2. The third kappa shape index (κ3) is 4.96. The molecule has 2 aromatic carbocycles. The van der Waals surface area contributed by atoms with Gasteiger partial charge in [-0.15, -0.1) is 0 Å². The first-order valence-corrected chi connectivity index (χ1v) is 8.92. The van der Waals surface area contributed by atoms with Crippen LogP contribution >= 0.6 is 0 Å². The molecule has 0 spiro atoms. The molecule has 3 aromatic rings. The summed E-state index contributed by atoms with van der Waals surface area (Å²) in [4.78, 5) is 29.2. The minimum absolute atomic E-state index is 0.0816. The van der Waals surface area contributed by atoms with Gasteiger partial charge in [0.2, 0.25) is 0 Å². The molecule has 1 heterocycles. The number of benzene rings is 2. The number of carbonyl (C=O) groups is 2. The minimum atomic E-state index is -0.482. The minimum Gasteiger partial charge on any atom is -0.492 e. The summed E-state index contributed by atoms with van der Waals surface area (Å²) in [6.07, 6.45) is 0. The van der Waals surface area contributed by atoms with Gasteiger partial charge in [-0.1, -0.05) is 24.3 Å². The van der Waals surface area contributed by atoms with Crippen molar-refractivity contribution in [3.05, 3.63) is 83.7 Å². The van der Waals surface area contributed by atoms with Gasteiger partial charge in [0.25, 0.3) is 11.8 Å².